The van der Waals surface area contributed by atoms with Crippen LogP contribution in [0.3, 0.4) is 0 Å². The molecule has 130 valence electrons. The Morgan fingerprint density at radius 2 is 2.00 bits per heavy atom. The van der Waals surface area contributed by atoms with Gasteiger partial charge in [-0.3, -0.25) is 9.59 Å². The van der Waals surface area contributed by atoms with Crippen LogP contribution in [0.1, 0.15) is 29.8 Å². The number of carbonyl (C=O) groups excluding carboxylic acids is 2. The van der Waals surface area contributed by atoms with Gasteiger partial charge >= 0.3 is 0 Å². The van der Waals surface area contributed by atoms with Gasteiger partial charge in [0.05, 0.1) is 17.9 Å². The standard InChI is InChI=1S/C19H19FN2O3/c1-11-4-7-17-18(8-11)25-12(2)10-22(17)19(24)14-5-6-15(20)16(9-14)21-13(3)23/h4-9,12H,10H2,1-3H3,(H,21,23). The van der Waals surface area contributed by atoms with Gasteiger partial charge in [-0.1, -0.05) is 6.07 Å². The van der Waals surface area contributed by atoms with Crippen LogP contribution < -0.4 is 15.0 Å². The van der Waals surface area contributed by atoms with Crippen molar-refractivity contribution in [1.82, 2.24) is 0 Å². The highest BCUT2D eigenvalue weighted by molar-refractivity contribution is 6.08. The zero-order valence-electron chi connectivity index (χ0n) is 14.3. The molecule has 1 N–H and O–H groups in total. The second-order valence-corrected chi connectivity index (χ2v) is 6.19. The summed E-state index contributed by atoms with van der Waals surface area (Å²) in [6.45, 7) is 5.52. The van der Waals surface area contributed by atoms with Crippen LogP contribution in [-0.4, -0.2) is 24.5 Å². The first-order valence-electron chi connectivity index (χ1n) is 8.01. The minimum atomic E-state index is -0.585. The van der Waals surface area contributed by atoms with E-state index in [0.717, 1.165) is 5.56 Å². The average Bonchev–Trinajstić information content (AvgIpc) is 2.54. The first-order valence-corrected chi connectivity index (χ1v) is 8.01. The van der Waals surface area contributed by atoms with Crippen molar-refractivity contribution < 1.29 is 18.7 Å². The van der Waals surface area contributed by atoms with Gasteiger partial charge in [0.1, 0.15) is 17.7 Å². The maximum absolute atomic E-state index is 13.8. The summed E-state index contributed by atoms with van der Waals surface area (Å²) in [5, 5.41) is 2.40. The minimum absolute atomic E-state index is 0.0104. The molecule has 1 heterocycles. The lowest BCUT2D eigenvalue weighted by atomic mass is 10.1. The largest absolute Gasteiger partial charge is 0.487 e. The zero-order chi connectivity index (χ0) is 18.1. The molecule has 0 fully saturated rings. The summed E-state index contributed by atoms with van der Waals surface area (Å²) in [6.07, 6.45) is -0.159. The molecule has 0 aliphatic carbocycles. The van der Waals surface area contributed by atoms with Gasteiger partial charge in [-0.2, -0.15) is 0 Å². The van der Waals surface area contributed by atoms with Crippen LogP contribution in [0.5, 0.6) is 5.75 Å². The number of hydrogen-bond donors (Lipinski definition) is 1. The highest BCUT2D eigenvalue weighted by atomic mass is 19.1. The van der Waals surface area contributed by atoms with Crippen molar-refractivity contribution in [2.45, 2.75) is 26.9 Å². The van der Waals surface area contributed by atoms with Crippen molar-refractivity contribution in [3.63, 3.8) is 0 Å². The fourth-order valence-electron chi connectivity index (χ4n) is 2.84. The normalized spacial score (nSPS) is 16.0. The number of aryl methyl sites for hydroxylation is 1. The molecule has 0 radical (unpaired) electrons. The molecule has 6 heteroatoms. The maximum Gasteiger partial charge on any atom is 0.258 e. The van der Waals surface area contributed by atoms with Crippen molar-refractivity contribution >= 4 is 23.2 Å². The Morgan fingerprint density at radius 3 is 2.72 bits per heavy atom. The molecule has 2 aromatic rings. The molecule has 5 nitrogen and oxygen atoms in total. The molecule has 0 aromatic heterocycles. The SMILES string of the molecule is CC(=O)Nc1cc(C(=O)N2CC(C)Oc3cc(C)ccc32)ccc1F. The first kappa shape index (κ1) is 17.0. The van der Waals surface area contributed by atoms with Crippen LogP contribution in [0.2, 0.25) is 0 Å². The number of amides is 2. The summed E-state index contributed by atoms with van der Waals surface area (Å²) in [7, 11) is 0. The summed E-state index contributed by atoms with van der Waals surface area (Å²) in [4.78, 5) is 25.8. The van der Waals surface area contributed by atoms with Crippen molar-refractivity contribution in [3.8, 4) is 5.75 Å². The Morgan fingerprint density at radius 1 is 1.24 bits per heavy atom. The number of halogens is 1. The first-order chi connectivity index (χ1) is 11.8. The molecular formula is C19H19FN2O3. The molecule has 0 bridgehead atoms. The molecular weight excluding hydrogens is 323 g/mol. The highest BCUT2D eigenvalue weighted by Gasteiger charge is 2.28. The number of carbonyl (C=O) groups is 2. The molecule has 3 rings (SSSR count). The predicted molar refractivity (Wildman–Crippen MR) is 93.6 cm³/mol. The van der Waals surface area contributed by atoms with Gasteiger partial charge in [0.25, 0.3) is 5.91 Å². The summed E-state index contributed by atoms with van der Waals surface area (Å²) in [5.74, 6) is -0.606. The summed E-state index contributed by atoms with van der Waals surface area (Å²) in [5.41, 5.74) is 2.00. The number of fused-ring (bicyclic) bond motifs is 1. The van der Waals surface area contributed by atoms with Crippen molar-refractivity contribution in [2.75, 3.05) is 16.8 Å². The number of nitrogens with zero attached hydrogens (tertiary/aromatic N) is 1. The maximum atomic E-state index is 13.8. The van der Waals surface area contributed by atoms with E-state index in [4.69, 9.17) is 4.74 Å². The van der Waals surface area contributed by atoms with Crippen LogP contribution in [0.15, 0.2) is 36.4 Å². The molecule has 1 atom stereocenters. The van der Waals surface area contributed by atoms with E-state index < -0.39 is 11.7 Å². The quantitative estimate of drug-likeness (QED) is 0.908. The van der Waals surface area contributed by atoms with Crippen molar-refractivity contribution in [1.29, 1.82) is 0 Å². The average molecular weight is 342 g/mol. The van der Waals surface area contributed by atoms with Gasteiger partial charge in [0.2, 0.25) is 5.91 Å². The Labute approximate surface area is 145 Å². The van der Waals surface area contributed by atoms with Crippen LogP contribution in [0, 0.1) is 12.7 Å². The molecule has 1 aliphatic heterocycles. The Bertz CT molecular complexity index is 851. The molecule has 1 unspecified atom stereocenters. The molecule has 0 saturated carbocycles. The highest BCUT2D eigenvalue weighted by Crippen LogP contribution is 2.35. The monoisotopic (exact) mass is 342 g/mol. The second-order valence-electron chi connectivity index (χ2n) is 6.19. The smallest absolute Gasteiger partial charge is 0.258 e. The number of hydrogen-bond acceptors (Lipinski definition) is 3. The second kappa shape index (κ2) is 6.55. The summed E-state index contributed by atoms with van der Waals surface area (Å²) >= 11 is 0. The Balaban J connectivity index is 1.97. The summed E-state index contributed by atoms with van der Waals surface area (Å²) in [6, 6.07) is 9.58. The van der Waals surface area contributed by atoms with Crippen LogP contribution in [0.4, 0.5) is 15.8 Å². The van der Waals surface area contributed by atoms with E-state index in [-0.39, 0.29) is 17.7 Å². The van der Waals surface area contributed by atoms with E-state index in [2.05, 4.69) is 5.32 Å². The minimum Gasteiger partial charge on any atom is -0.487 e. The van der Waals surface area contributed by atoms with Crippen molar-refractivity contribution in [3.05, 3.63) is 53.3 Å². The fourth-order valence-corrected chi connectivity index (χ4v) is 2.84. The van der Waals surface area contributed by atoms with Gasteiger partial charge in [0, 0.05) is 12.5 Å². The van der Waals surface area contributed by atoms with Crippen molar-refractivity contribution in [2.24, 2.45) is 0 Å². The third-order valence-electron chi connectivity index (χ3n) is 3.94. The van der Waals surface area contributed by atoms with Crippen LogP contribution in [-0.2, 0) is 4.79 Å². The van der Waals surface area contributed by atoms with E-state index in [1.54, 1.807) is 4.90 Å². The van der Waals surface area contributed by atoms with Gasteiger partial charge in [-0.25, -0.2) is 4.39 Å². The van der Waals surface area contributed by atoms with Crippen LogP contribution in [0.25, 0.3) is 0 Å². The van der Waals surface area contributed by atoms with Crippen LogP contribution >= 0.6 is 0 Å². The Kier molecular flexibility index (Phi) is 4.44. The number of nitrogens with one attached hydrogen (secondary N) is 1. The lowest BCUT2D eigenvalue weighted by Crippen LogP contribution is -2.42. The molecule has 2 aromatic carbocycles. The summed E-state index contributed by atoms with van der Waals surface area (Å²) < 4.78 is 19.6. The molecule has 2 amide bonds. The number of anilines is 2. The lowest BCUT2D eigenvalue weighted by molar-refractivity contribution is -0.114. The lowest BCUT2D eigenvalue weighted by Gasteiger charge is -2.33. The van der Waals surface area contributed by atoms with E-state index in [0.29, 0.717) is 23.5 Å². The topological polar surface area (TPSA) is 58.6 Å². The van der Waals surface area contributed by atoms with E-state index in [1.165, 1.54) is 25.1 Å². The predicted octanol–water partition coefficient (Wildman–Crippen LogP) is 3.52. The molecule has 1 aliphatic rings. The van der Waals surface area contributed by atoms with E-state index in [1.807, 2.05) is 32.0 Å². The molecule has 25 heavy (non-hydrogen) atoms. The number of rotatable bonds is 2. The number of ether oxygens (including phenoxy) is 1. The number of benzene rings is 2. The molecule has 0 saturated heterocycles. The fraction of sp³-hybridized carbons (Fsp3) is 0.263. The van der Waals surface area contributed by atoms with Gasteiger partial charge in [0.15, 0.2) is 0 Å². The third kappa shape index (κ3) is 3.47. The van der Waals surface area contributed by atoms with E-state index in [9.17, 15) is 14.0 Å². The van der Waals surface area contributed by atoms with E-state index >= 15 is 0 Å². The third-order valence-corrected chi connectivity index (χ3v) is 3.94. The van der Waals surface area contributed by atoms with Gasteiger partial charge < -0.3 is 15.0 Å². The molecule has 0 spiro atoms. The van der Waals surface area contributed by atoms with Gasteiger partial charge in [-0.05, 0) is 49.7 Å². The zero-order valence-corrected chi connectivity index (χ0v) is 14.3. The Hall–Kier alpha value is -2.89. The van der Waals surface area contributed by atoms with Gasteiger partial charge in [-0.15, -0.1) is 0 Å².